The zero-order valence-electron chi connectivity index (χ0n) is 14.3. The van der Waals surface area contributed by atoms with Gasteiger partial charge in [0, 0.05) is 23.4 Å². The molecule has 2 aliphatic rings. The average molecular weight is 391 g/mol. The Morgan fingerprint density at radius 3 is 2.75 bits per heavy atom. The Balaban J connectivity index is 1.62. The molecule has 0 saturated heterocycles. The summed E-state index contributed by atoms with van der Waals surface area (Å²) in [6.07, 6.45) is 2.99. The molecule has 0 aliphatic carbocycles. The maximum Gasteiger partial charge on any atom is 0.328 e. The van der Waals surface area contributed by atoms with Gasteiger partial charge >= 0.3 is 12.0 Å². The van der Waals surface area contributed by atoms with E-state index in [0.717, 1.165) is 17.3 Å². The molecular weight excluding hydrogens is 378 g/mol. The molecule has 2 aliphatic heterocycles. The second-order valence-corrected chi connectivity index (χ2v) is 7.45. The Bertz CT molecular complexity index is 1110. The topological polar surface area (TPSA) is 108 Å². The Labute approximate surface area is 163 Å². The third kappa shape index (κ3) is 2.51. The fraction of sp³-hybridized carbons (Fsp3) is 0.105. The Hall–Kier alpha value is -3.46. The van der Waals surface area contributed by atoms with Crippen LogP contribution in [0, 0.1) is 0 Å². The average Bonchev–Trinajstić information content (AvgIpc) is 3.09. The number of urea groups is 1. The SMILES string of the molecule is O=C(O)C1Sc2nccc3c2C1NC(=O)N3c1cc(-c2ccccc2)ncn1. The number of anilines is 2. The van der Waals surface area contributed by atoms with Crippen LogP contribution in [0.3, 0.4) is 0 Å². The van der Waals surface area contributed by atoms with Gasteiger partial charge in [-0.15, -0.1) is 0 Å². The lowest BCUT2D eigenvalue weighted by Crippen LogP contribution is -2.47. The van der Waals surface area contributed by atoms with Crippen molar-refractivity contribution in [1.29, 1.82) is 0 Å². The van der Waals surface area contributed by atoms with Crippen LogP contribution in [0.15, 0.2) is 60.0 Å². The van der Waals surface area contributed by atoms with Crippen LogP contribution in [0.25, 0.3) is 11.3 Å². The predicted molar refractivity (Wildman–Crippen MR) is 102 cm³/mol. The van der Waals surface area contributed by atoms with E-state index in [1.165, 1.54) is 11.2 Å². The molecule has 2 aromatic heterocycles. The van der Waals surface area contributed by atoms with Gasteiger partial charge in [-0.1, -0.05) is 42.1 Å². The minimum atomic E-state index is -0.985. The number of rotatable bonds is 3. The number of nitrogens with one attached hydrogen (secondary N) is 1. The van der Waals surface area contributed by atoms with Gasteiger partial charge in [0.2, 0.25) is 0 Å². The lowest BCUT2D eigenvalue weighted by molar-refractivity contribution is -0.136. The minimum absolute atomic E-state index is 0.405. The Morgan fingerprint density at radius 1 is 1.14 bits per heavy atom. The summed E-state index contributed by atoms with van der Waals surface area (Å²) in [5.41, 5.74) is 2.89. The van der Waals surface area contributed by atoms with E-state index in [2.05, 4.69) is 20.3 Å². The van der Waals surface area contributed by atoms with Gasteiger partial charge in [0.1, 0.15) is 22.4 Å². The number of hydrogen-bond acceptors (Lipinski definition) is 6. The summed E-state index contributed by atoms with van der Waals surface area (Å²) in [4.78, 5) is 38.8. The molecule has 1 aromatic carbocycles. The summed E-state index contributed by atoms with van der Waals surface area (Å²) < 4.78 is 0. The summed E-state index contributed by atoms with van der Waals surface area (Å²) in [5.74, 6) is -0.580. The van der Waals surface area contributed by atoms with Crippen LogP contribution in [0.1, 0.15) is 11.6 Å². The van der Waals surface area contributed by atoms with Crippen LogP contribution in [0.2, 0.25) is 0 Å². The normalized spacial score (nSPS) is 19.9. The quantitative estimate of drug-likeness (QED) is 0.706. The number of benzene rings is 1. The van der Waals surface area contributed by atoms with Crippen molar-refractivity contribution in [2.45, 2.75) is 16.3 Å². The molecule has 0 bridgehead atoms. The number of thioether (sulfide) groups is 1. The van der Waals surface area contributed by atoms with E-state index in [1.807, 2.05) is 30.3 Å². The van der Waals surface area contributed by atoms with Gasteiger partial charge in [-0.25, -0.2) is 24.6 Å². The van der Waals surface area contributed by atoms with Crippen LogP contribution < -0.4 is 10.2 Å². The van der Waals surface area contributed by atoms with E-state index < -0.39 is 23.3 Å². The summed E-state index contributed by atoms with van der Waals surface area (Å²) in [6.45, 7) is 0. The highest BCUT2D eigenvalue weighted by Gasteiger charge is 2.46. The Morgan fingerprint density at radius 2 is 1.96 bits per heavy atom. The number of pyridine rings is 1. The van der Waals surface area contributed by atoms with E-state index in [4.69, 9.17) is 0 Å². The number of aromatic nitrogens is 3. The summed E-state index contributed by atoms with van der Waals surface area (Å²) in [6, 6.07) is 12.0. The first-order valence-corrected chi connectivity index (χ1v) is 9.38. The third-order valence-corrected chi connectivity index (χ3v) is 5.98. The molecule has 2 amide bonds. The fourth-order valence-corrected chi connectivity index (χ4v) is 4.64. The van der Waals surface area contributed by atoms with Gasteiger partial charge in [-0.05, 0) is 6.07 Å². The molecule has 4 heterocycles. The van der Waals surface area contributed by atoms with Crippen molar-refractivity contribution < 1.29 is 14.7 Å². The molecule has 0 radical (unpaired) electrons. The van der Waals surface area contributed by atoms with Crippen LogP contribution in [-0.2, 0) is 4.79 Å². The summed E-state index contributed by atoms with van der Waals surface area (Å²) >= 11 is 1.15. The first-order valence-electron chi connectivity index (χ1n) is 8.50. The van der Waals surface area contributed by atoms with Gasteiger partial charge in [-0.2, -0.15) is 0 Å². The maximum absolute atomic E-state index is 12.9. The lowest BCUT2D eigenvalue weighted by Gasteiger charge is -2.33. The van der Waals surface area contributed by atoms with Crippen LogP contribution in [-0.4, -0.2) is 37.3 Å². The lowest BCUT2D eigenvalue weighted by atomic mass is 10.0. The molecular formula is C19H13N5O3S. The van der Waals surface area contributed by atoms with Gasteiger partial charge in [0.25, 0.3) is 0 Å². The molecule has 138 valence electrons. The van der Waals surface area contributed by atoms with E-state index in [9.17, 15) is 14.7 Å². The number of carbonyl (C=O) groups excluding carboxylic acids is 1. The first-order chi connectivity index (χ1) is 13.6. The molecule has 2 unspecified atom stereocenters. The van der Waals surface area contributed by atoms with Crippen molar-refractivity contribution in [1.82, 2.24) is 20.3 Å². The second kappa shape index (κ2) is 6.31. The Kier molecular flexibility index (Phi) is 3.76. The zero-order valence-corrected chi connectivity index (χ0v) is 15.1. The van der Waals surface area contributed by atoms with Gasteiger partial charge in [0.15, 0.2) is 0 Å². The number of carboxylic acid groups (broad SMARTS) is 1. The van der Waals surface area contributed by atoms with Gasteiger partial charge in [-0.3, -0.25) is 4.79 Å². The van der Waals surface area contributed by atoms with E-state index in [1.54, 1.807) is 18.3 Å². The summed E-state index contributed by atoms with van der Waals surface area (Å²) in [7, 11) is 0. The molecule has 8 nitrogen and oxygen atoms in total. The number of hydrogen-bond donors (Lipinski definition) is 2. The van der Waals surface area contributed by atoms with E-state index in [-0.39, 0.29) is 0 Å². The van der Waals surface area contributed by atoms with Crippen molar-refractivity contribution in [3.63, 3.8) is 0 Å². The number of aliphatic carboxylic acids is 1. The largest absolute Gasteiger partial charge is 0.480 e. The first kappa shape index (κ1) is 16.7. The molecule has 0 saturated carbocycles. The van der Waals surface area contributed by atoms with Crippen molar-refractivity contribution in [3.8, 4) is 11.3 Å². The van der Waals surface area contributed by atoms with E-state index in [0.29, 0.717) is 27.8 Å². The molecule has 2 atom stereocenters. The van der Waals surface area contributed by atoms with Gasteiger partial charge in [0.05, 0.1) is 17.4 Å². The van der Waals surface area contributed by atoms with Crippen LogP contribution in [0.5, 0.6) is 0 Å². The number of carboxylic acids is 1. The predicted octanol–water partition coefficient (Wildman–Crippen LogP) is 3.00. The maximum atomic E-state index is 12.9. The highest BCUT2D eigenvalue weighted by atomic mass is 32.2. The molecule has 28 heavy (non-hydrogen) atoms. The van der Waals surface area contributed by atoms with Crippen molar-refractivity contribution >= 4 is 35.3 Å². The summed E-state index contributed by atoms with van der Waals surface area (Å²) in [5, 5.41) is 12.1. The van der Waals surface area contributed by atoms with E-state index >= 15 is 0 Å². The monoisotopic (exact) mass is 391 g/mol. The highest BCUT2D eigenvalue weighted by Crippen LogP contribution is 2.50. The zero-order chi connectivity index (χ0) is 19.3. The van der Waals surface area contributed by atoms with Crippen molar-refractivity contribution in [2.24, 2.45) is 0 Å². The molecule has 0 fully saturated rings. The minimum Gasteiger partial charge on any atom is -0.480 e. The molecule has 9 heteroatoms. The van der Waals surface area contributed by atoms with Crippen LogP contribution in [0.4, 0.5) is 16.3 Å². The smallest absolute Gasteiger partial charge is 0.328 e. The second-order valence-electron chi connectivity index (χ2n) is 6.32. The number of carbonyl (C=O) groups is 2. The molecule has 2 N–H and O–H groups in total. The highest BCUT2D eigenvalue weighted by molar-refractivity contribution is 8.00. The van der Waals surface area contributed by atoms with Gasteiger partial charge < -0.3 is 10.4 Å². The fourth-order valence-electron chi connectivity index (χ4n) is 3.48. The number of amides is 2. The molecule has 0 spiro atoms. The van der Waals surface area contributed by atoms with Crippen molar-refractivity contribution in [2.75, 3.05) is 4.90 Å². The third-order valence-electron chi connectivity index (χ3n) is 4.70. The molecule has 3 aromatic rings. The standard InChI is InChI=1S/C19H13N5O3S/c25-18(26)16-15-14-12(6-7-20-17(14)28-16)24(19(27)23-15)13-8-11(21-9-22-13)10-4-2-1-3-5-10/h1-9,15-16H,(H,23,27)(H,25,26). The molecule has 5 rings (SSSR count). The number of nitrogens with zero attached hydrogens (tertiary/aromatic N) is 4. The van der Waals surface area contributed by atoms with Crippen molar-refractivity contribution in [3.05, 3.63) is 60.6 Å². The van der Waals surface area contributed by atoms with Crippen LogP contribution >= 0.6 is 11.8 Å².